The van der Waals surface area contributed by atoms with Gasteiger partial charge in [-0.05, 0) is 25.1 Å². The molecule has 3 aromatic rings. The molecule has 0 spiro atoms. The third kappa shape index (κ3) is 4.32. The van der Waals surface area contributed by atoms with Crippen LogP contribution in [0.15, 0.2) is 46.1 Å². The molecular formula is C19H23N7O2. The molecule has 1 aliphatic heterocycles. The van der Waals surface area contributed by atoms with Gasteiger partial charge in [0.1, 0.15) is 11.4 Å². The van der Waals surface area contributed by atoms with Gasteiger partial charge >= 0.3 is 0 Å². The quantitative estimate of drug-likeness (QED) is 0.619. The van der Waals surface area contributed by atoms with Gasteiger partial charge in [0, 0.05) is 63.3 Å². The third-order valence-corrected chi connectivity index (χ3v) is 5.06. The molecule has 0 bridgehead atoms. The lowest BCUT2D eigenvalue weighted by Gasteiger charge is -2.34. The molecule has 0 aromatic carbocycles. The Labute approximate surface area is 162 Å². The minimum absolute atomic E-state index is 0.0783. The van der Waals surface area contributed by atoms with Gasteiger partial charge in [0.2, 0.25) is 0 Å². The predicted molar refractivity (Wildman–Crippen MR) is 102 cm³/mol. The van der Waals surface area contributed by atoms with Gasteiger partial charge in [0.15, 0.2) is 0 Å². The van der Waals surface area contributed by atoms with Gasteiger partial charge in [-0.2, -0.15) is 5.10 Å². The van der Waals surface area contributed by atoms with Crippen LogP contribution in [0, 0.1) is 6.92 Å². The van der Waals surface area contributed by atoms with Gasteiger partial charge in [0.05, 0.1) is 12.2 Å². The Kier molecular flexibility index (Phi) is 5.54. The monoisotopic (exact) mass is 381 g/mol. The Hall–Kier alpha value is -2.91. The zero-order valence-electron chi connectivity index (χ0n) is 15.9. The first kappa shape index (κ1) is 18.5. The standard InChI is InChI=1S/C19H23N7O2/c1-15-18(23-28-22-15)14-25-10-8-24(9-11-25)12-13-26-19(27)3-2-17(21-26)16-4-6-20-7-5-16/h2-7H,8-14H2,1H3. The fraction of sp³-hybridized carbons (Fsp3) is 0.421. The van der Waals surface area contributed by atoms with Gasteiger partial charge in [-0.1, -0.05) is 10.3 Å². The van der Waals surface area contributed by atoms with Crippen molar-refractivity contribution in [3.8, 4) is 11.3 Å². The maximum Gasteiger partial charge on any atom is 0.266 e. The number of piperazine rings is 1. The van der Waals surface area contributed by atoms with Gasteiger partial charge in [-0.25, -0.2) is 9.31 Å². The fourth-order valence-corrected chi connectivity index (χ4v) is 3.30. The molecule has 4 rings (SSSR count). The number of rotatable bonds is 6. The van der Waals surface area contributed by atoms with E-state index in [4.69, 9.17) is 4.63 Å². The first-order valence-electron chi connectivity index (χ1n) is 9.40. The highest BCUT2D eigenvalue weighted by Gasteiger charge is 2.19. The number of aryl methyl sites for hydroxylation is 1. The summed E-state index contributed by atoms with van der Waals surface area (Å²) in [5.74, 6) is 0. The number of pyridine rings is 1. The van der Waals surface area contributed by atoms with Crippen molar-refractivity contribution in [2.24, 2.45) is 0 Å². The maximum atomic E-state index is 12.2. The van der Waals surface area contributed by atoms with E-state index in [2.05, 4.69) is 30.2 Å². The summed E-state index contributed by atoms with van der Waals surface area (Å²) in [4.78, 5) is 20.9. The molecule has 9 heteroatoms. The van der Waals surface area contributed by atoms with Crippen molar-refractivity contribution in [1.29, 1.82) is 0 Å². The van der Waals surface area contributed by atoms with Gasteiger partial charge in [-0.15, -0.1) is 0 Å². The molecule has 0 N–H and O–H groups in total. The maximum absolute atomic E-state index is 12.2. The Morgan fingerprint density at radius 2 is 1.71 bits per heavy atom. The molecule has 0 amide bonds. The lowest BCUT2D eigenvalue weighted by molar-refractivity contribution is 0.120. The van der Waals surface area contributed by atoms with E-state index in [9.17, 15) is 4.79 Å². The highest BCUT2D eigenvalue weighted by atomic mass is 16.6. The van der Waals surface area contributed by atoms with E-state index in [1.165, 1.54) is 0 Å². The molecule has 1 saturated heterocycles. The van der Waals surface area contributed by atoms with Gasteiger partial charge in [-0.3, -0.25) is 19.6 Å². The van der Waals surface area contributed by atoms with Crippen LogP contribution in [0.3, 0.4) is 0 Å². The van der Waals surface area contributed by atoms with Crippen molar-refractivity contribution in [3.63, 3.8) is 0 Å². The van der Waals surface area contributed by atoms with Crippen molar-refractivity contribution in [2.75, 3.05) is 32.7 Å². The lowest BCUT2D eigenvalue weighted by Crippen LogP contribution is -2.47. The zero-order chi connectivity index (χ0) is 19.3. The third-order valence-electron chi connectivity index (χ3n) is 5.06. The van der Waals surface area contributed by atoms with Crippen molar-refractivity contribution >= 4 is 0 Å². The van der Waals surface area contributed by atoms with Crippen LogP contribution in [-0.4, -0.2) is 67.6 Å². The van der Waals surface area contributed by atoms with Crippen molar-refractivity contribution in [3.05, 3.63) is 58.4 Å². The summed E-state index contributed by atoms with van der Waals surface area (Å²) in [7, 11) is 0. The molecule has 4 heterocycles. The molecule has 0 atom stereocenters. The summed E-state index contributed by atoms with van der Waals surface area (Å²) in [6, 6.07) is 7.12. The van der Waals surface area contributed by atoms with E-state index in [0.717, 1.165) is 61.9 Å². The molecule has 1 aliphatic rings. The normalized spacial score (nSPS) is 15.8. The van der Waals surface area contributed by atoms with E-state index in [0.29, 0.717) is 6.54 Å². The van der Waals surface area contributed by atoms with E-state index >= 15 is 0 Å². The number of hydrogen-bond acceptors (Lipinski definition) is 8. The average molecular weight is 381 g/mol. The Morgan fingerprint density at radius 1 is 0.964 bits per heavy atom. The van der Waals surface area contributed by atoms with Crippen LogP contribution in [0.5, 0.6) is 0 Å². The molecule has 0 unspecified atom stereocenters. The lowest BCUT2D eigenvalue weighted by atomic mass is 10.2. The van der Waals surface area contributed by atoms with Crippen LogP contribution < -0.4 is 5.56 Å². The van der Waals surface area contributed by atoms with Crippen LogP contribution in [-0.2, 0) is 13.1 Å². The van der Waals surface area contributed by atoms with E-state index in [-0.39, 0.29) is 5.56 Å². The molecule has 0 aliphatic carbocycles. The summed E-state index contributed by atoms with van der Waals surface area (Å²) < 4.78 is 6.32. The first-order chi connectivity index (χ1) is 13.7. The highest BCUT2D eigenvalue weighted by Crippen LogP contribution is 2.13. The molecule has 0 saturated carbocycles. The second kappa shape index (κ2) is 8.41. The largest absolute Gasteiger partial charge is 0.299 e. The minimum Gasteiger partial charge on any atom is -0.299 e. The zero-order valence-corrected chi connectivity index (χ0v) is 15.9. The smallest absolute Gasteiger partial charge is 0.266 e. The van der Waals surface area contributed by atoms with Crippen LogP contribution in [0.1, 0.15) is 11.4 Å². The SMILES string of the molecule is Cc1nonc1CN1CCN(CCn2nc(-c3ccncc3)ccc2=O)CC1. The van der Waals surface area contributed by atoms with E-state index < -0.39 is 0 Å². The number of nitrogens with zero attached hydrogens (tertiary/aromatic N) is 7. The molecular weight excluding hydrogens is 358 g/mol. The predicted octanol–water partition coefficient (Wildman–Crippen LogP) is 0.815. The highest BCUT2D eigenvalue weighted by molar-refractivity contribution is 5.56. The Bertz CT molecular complexity index is 962. The van der Waals surface area contributed by atoms with E-state index in [1.807, 2.05) is 19.1 Å². The second-order valence-electron chi connectivity index (χ2n) is 6.93. The van der Waals surface area contributed by atoms with Crippen molar-refractivity contribution < 1.29 is 4.63 Å². The first-order valence-corrected chi connectivity index (χ1v) is 9.40. The molecule has 28 heavy (non-hydrogen) atoms. The molecule has 3 aromatic heterocycles. The summed E-state index contributed by atoms with van der Waals surface area (Å²) in [6.07, 6.45) is 3.45. The molecule has 9 nitrogen and oxygen atoms in total. The second-order valence-corrected chi connectivity index (χ2v) is 6.93. The molecule has 0 radical (unpaired) electrons. The van der Waals surface area contributed by atoms with Gasteiger partial charge < -0.3 is 0 Å². The summed E-state index contributed by atoms with van der Waals surface area (Å²) in [6.45, 7) is 7.84. The van der Waals surface area contributed by atoms with Crippen molar-refractivity contribution in [1.82, 2.24) is 34.9 Å². The molecule has 146 valence electrons. The topological polar surface area (TPSA) is 93.2 Å². The molecule has 1 fully saturated rings. The summed E-state index contributed by atoms with van der Waals surface area (Å²) >= 11 is 0. The van der Waals surface area contributed by atoms with Crippen LogP contribution in [0.25, 0.3) is 11.3 Å². The average Bonchev–Trinajstić information content (AvgIpc) is 3.13. The van der Waals surface area contributed by atoms with Crippen LogP contribution >= 0.6 is 0 Å². The summed E-state index contributed by atoms with van der Waals surface area (Å²) in [5.41, 5.74) is 3.41. The Morgan fingerprint density at radius 3 is 2.43 bits per heavy atom. The van der Waals surface area contributed by atoms with Crippen LogP contribution in [0.2, 0.25) is 0 Å². The van der Waals surface area contributed by atoms with E-state index in [1.54, 1.807) is 29.2 Å². The van der Waals surface area contributed by atoms with Crippen molar-refractivity contribution in [2.45, 2.75) is 20.0 Å². The number of hydrogen-bond donors (Lipinski definition) is 0. The minimum atomic E-state index is -0.0783. The van der Waals surface area contributed by atoms with Gasteiger partial charge in [0.25, 0.3) is 5.56 Å². The Balaban J connectivity index is 1.32. The number of aromatic nitrogens is 5. The fourth-order valence-electron chi connectivity index (χ4n) is 3.30. The van der Waals surface area contributed by atoms with Crippen LogP contribution in [0.4, 0.5) is 0 Å². The summed E-state index contributed by atoms with van der Waals surface area (Å²) in [5, 5.41) is 12.3.